The number of aliphatic imine (C=N–C) groups is 1. The van der Waals surface area contributed by atoms with E-state index < -0.39 is 0 Å². The predicted molar refractivity (Wildman–Crippen MR) is 107 cm³/mol. The maximum Gasteiger partial charge on any atom is 0.191 e. The van der Waals surface area contributed by atoms with E-state index in [2.05, 4.69) is 56.8 Å². The highest BCUT2D eigenvalue weighted by Crippen LogP contribution is 2.16. The van der Waals surface area contributed by atoms with E-state index in [-0.39, 0.29) is 0 Å². The van der Waals surface area contributed by atoms with Gasteiger partial charge in [0.2, 0.25) is 0 Å². The van der Waals surface area contributed by atoms with Crippen LogP contribution in [0.5, 0.6) is 0 Å². The van der Waals surface area contributed by atoms with E-state index in [9.17, 15) is 0 Å². The Balaban J connectivity index is 1.76. The van der Waals surface area contributed by atoms with Crippen molar-refractivity contribution in [2.45, 2.75) is 40.0 Å². The van der Waals surface area contributed by atoms with Gasteiger partial charge in [-0.15, -0.1) is 0 Å². The van der Waals surface area contributed by atoms with Gasteiger partial charge in [0.15, 0.2) is 11.6 Å². The number of hydrogen-bond acceptors (Lipinski definition) is 5. The summed E-state index contributed by atoms with van der Waals surface area (Å²) in [6.07, 6.45) is 6.98. The van der Waals surface area contributed by atoms with Gasteiger partial charge in [-0.1, -0.05) is 26.7 Å². The number of rotatable bonds is 10. The fraction of sp³-hybridized carbons (Fsp3) is 0.667. The molecule has 0 aliphatic rings. The van der Waals surface area contributed by atoms with Gasteiger partial charge in [-0.3, -0.25) is 9.67 Å². The second-order valence-corrected chi connectivity index (χ2v) is 6.73. The van der Waals surface area contributed by atoms with Crippen LogP contribution in [0.4, 0.5) is 5.82 Å². The van der Waals surface area contributed by atoms with Crippen LogP contribution in [0.15, 0.2) is 17.5 Å². The summed E-state index contributed by atoms with van der Waals surface area (Å²) in [6.45, 7) is 9.80. The Morgan fingerprint density at radius 2 is 2.04 bits per heavy atom. The third kappa shape index (κ3) is 6.16. The zero-order valence-electron chi connectivity index (χ0n) is 16.4. The van der Waals surface area contributed by atoms with Crippen molar-refractivity contribution in [2.75, 3.05) is 31.5 Å². The lowest BCUT2D eigenvalue weighted by molar-refractivity contribution is 0.541. The Hall–Kier alpha value is -2.38. The second kappa shape index (κ2) is 10.6. The molecule has 26 heavy (non-hydrogen) atoms. The van der Waals surface area contributed by atoms with Gasteiger partial charge in [0.1, 0.15) is 12.1 Å². The highest BCUT2D eigenvalue weighted by molar-refractivity contribution is 5.86. The molecule has 0 radical (unpaired) electrons. The normalized spacial score (nSPS) is 12.0. The summed E-state index contributed by atoms with van der Waals surface area (Å²) in [5.74, 6) is 2.44. The van der Waals surface area contributed by atoms with Crippen molar-refractivity contribution in [1.29, 1.82) is 0 Å². The summed E-state index contributed by atoms with van der Waals surface area (Å²) in [5.41, 5.74) is 0.826. The standard InChI is InChI=1S/C18H32N8/c1-5-19-18(21-9-7-6-8-14(2)3)22-11-10-20-16-15-12-25-26(4)17(15)24-13-23-16/h12-14H,5-11H2,1-4H3,(H2,19,21,22)(H,20,23,24). The van der Waals surface area contributed by atoms with Crippen LogP contribution in [-0.4, -0.2) is 51.9 Å². The van der Waals surface area contributed by atoms with Gasteiger partial charge in [-0.25, -0.2) is 9.97 Å². The van der Waals surface area contributed by atoms with E-state index in [1.54, 1.807) is 17.2 Å². The zero-order chi connectivity index (χ0) is 18.8. The number of anilines is 1. The molecule has 0 fully saturated rings. The quantitative estimate of drug-likeness (QED) is 0.342. The summed E-state index contributed by atoms with van der Waals surface area (Å²) < 4.78 is 1.75. The first-order chi connectivity index (χ1) is 12.6. The maximum atomic E-state index is 4.64. The van der Waals surface area contributed by atoms with E-state index in [1.807, 2.05) is 7.05 Å². The minimum absolute atomic E-state index is 0.735. The molecule has 0 spiro atoms. The van der Waals surface area contributed by atoms with Crippen molar-refractivity contribution >= 4 is 22.8 Å². The number of nitrogens with one attached hydrogen (secondary N) is 3. The van der Waals surface area contributed by atoms with Crippen LogP contribution in [0.3, 0.4) is 0 Å². The first-order valence-electron chi connectivity index (χ1n) is 9.50. The molecule has 0 amide bonds. The molecular weight excluding hydrogens is 328 g/mol. The Labute approximate surface area is 155 Å². The van der Waals surface area contributed by atoms with Gasteiger partial charge in [0.25, 0.3) is 0 Å². The Morgan fingerprint density at radius 1 is 1.19 bits per heavy atom. The van der Waals surface area contributed by atoms with Crippen molar-refractivity contribution in [3.05, 3.63) is 12.5 Å². The van der Waals surface area contributed by atoms with Crippen LogP contribution >= 0.6 is 0 Å². The molecule has 2 aromatic heterocycles. The van der Waals surface area contributed by atoms with Crippen LogP contribution in [0.2, 0.25) is 0 Å². The molecule has 3 N–H and O–H groups in total. The third-order valence-corrected chi connectivity index (χ3v) is 4.04. The van der Waals surface area contributed by atoms with Gasteiger partial charge >= 0.3 is 0 Å². The maximum absolute atomic E-state index is 4.64. The first-order valence-corrected chi connectivity index (χ1v) is 9.50. The summed E-state index contributed by atoms with van der Waals surface area (Å²) >= 11 is 0. The first kappa shape index (κ1) is 19.9. The van der Waals surface area contributed by atoms with E-state index in [1.165, 1.54) is 12.8 Å². The fourth-order valence-corrected chi connectivity index (χ4v) is 2.66. The van der Waals surface area contributed by atoms with E-state index >= 15 is 0 Å². The molecule has 0 bridgehead atoms. The lowest BCUT2D eigenvalue weighted by Gasteiger charge is -2.12. The number of fused-ring (bicyclic) bond motifs is 1. The minimum Gasteiger partial charge on any atom is -0.368 e. The van der Waals surface area contributed by atoms with Crippen LogP contribution in [0.25, 0.3) is 11.0 Å². The number of aryl methyl sites for hydroxylation is 1. The molecule has 0 aliphatic heterocycles. The number of nitrogens with zero attached hydrogens (tertiary/aromatic N) is 5. The van der Waals surface area contributed by atoms with Gasteiger partial charge in [-0.2, -0.15) is 5.10 Å². The molecule has 0 saturated heterocycles. The fourth-order valence-electron chi connectivity index (χ4n) is 2.66. The summed E-state index contributed by atoms with van der Waals surface area (Å²) in [4.78, 5) is 13.2. The number of aromatic nitrogens is 4. The number of guanidine groups is 1. The smallest absolute Gasteiger partial charge is 0.191 e. The SMILES string of the molecule is CCNC(=NCCCCC(C)C)NCCNc1ncnc2c1cnn2C. The van der Waals surface area contributed by atoms with E-state index in [0.717, 1.165) is 61.3 Å². The molecule has 0 aromatic carbocycles. The van der Waals surface area contributed by atoms with Crippen LogP contribution in [0, 0.1) is 5.92 Å². The van der Waals surface area contributed by atoms with Crippen molar-refractivity contribution < 1.29 is 0 Å². The molecular formula is C18H32N8. The van der Waals surface area contributed by atoms with E-state index in [0.29, 0.717) is 0 Å². The molecule has 8 heteroatoms. The predicted octanol–water partition coefficient (Wildman–Crippen LogP) is 2.16. The lowest BCUT2D eigenvalue weighted by atomic mass is 10.1. The average molecular weight is 361 g/mol. The average Bonchev–Trinajstić information content (AvgIpc) is 3.00. The van der Waals surface area contributed by atoms with Crippen molar-refractivity contribution in [3.8, 4) is 0 Å². The lowest BCUT2D eigenvalue weighted by Crippen LogP contribution is -2.39. The van der Waals surface area contributed by atoms with E-state index in [4.69, 9.17) is 0 Å². The van der Waals surface area contributed by atoms with Crippen molar-refractivity contribution in [2.24, 2.45) is 18.0 Å². The number of unbranched alkanes of at least 4 members (excludes halogenated alkanes) is 1. The van der Waals surface area contributed by atoms with Crippen LogP contribution in [-0.2, 0) is 7.05 Å². The summed E-state index contributed by atoms with van der Waals surface area (Å²) in [6, 6.07) is 0. The minimum atomic E-state index is 0.735. The highest BCUT2D eigenvalue weighted by Gasteiger charge is 2.07. The van der Waals surface area contributed by atoms with Crippen molar-refractivity contribution in [1.82, 2.24) is 30.4 Å². The number of hydrogen-bond donors (Lipinski definition) is 3. The Kier molecular flexibility index (Phi) is 8.11. The largest absolute Gasteiger partial charge is 0.368 e. The molecule has 0 unspecified atom stereocenters. The third-order valence-electron chi connectivity index (χ3n) is 4.04. The molecule has 2 heterocycles. The Bertz CT molecular complexity index is 692. The summed E-state index contributed by atoms with van der Waals surface area (Å²) in [5, 5.41) is 15.1. The Morgan fingerprint density at radius 3 is 2.81 bits per heavy atom. The molecule has 144 valence electrons. The zero-order valence-corrected chi connectivity index (χ0v) is 16.4. The van der Waals surface area contributed by atoms with Gasteiger partial charge in [-0.05, 0) is 19.3 Å². The molecule has 2 aromatic rings. The monoisotopic (exact) mass is 360 g/mol. The van der Waals surface area contributed by atoms with Gasteiger partial charge in [0, 0.05) is 33.2 Å². The molecule has 0 atom stereocenters. The van der Waals surface area contributed by atoms with Crippen LogP contribution in [0.1, 0.15) is 40.0 Å². The molecule has 8 nitrogen and oxygen atoms in total. The van der Waals surface area contributed by atoms with Crippen molar-refractivity contribution in [3.63, 3.8) is 0 Å². The second-order valence-electron chi connectivity index (χ2n) is 6.73. The highest BCUT2D eigenvalue weighted by atomic mass is 15.3. The van der Waals surface area contributed by atoms with Crippen LogP contribution < -0.4 is 16.0 Å². The van der Waals surface area contributed by atoms with Gasteiger partial charge < -0.3 is 16.0 Å². The molecule has 2 rings (SSSR count). The molecule has 0 saturated carbocycles. The summed E-state index contributed by atoms with van der Waals surface area (Å²) in [7, 11) is 1.88. The molecule has 0 aliphatic carbocycles. The van der Waals surface area contributed by atoms with Gasteiger partial charge in [0.05, 0.1) is 11.6 Å². The topological polar surface area (TPSA) is 92.1 Å².